The molecule has 2 aromatic carbocycles. The van der Waals surface area contributed by atoms with Crippen LogP contribution in [-0.4, -0.2) is 30.8 Å². The van der Waals surface area contributed by atoms with Gasteiger partial charge in [0, 0.05) is 54.7 Å². The van der Waals surface area contributed by atoms with E-state index in [0.29, 0.717) is 30.6 Å². The number of nitrogens with one attached hydrogen (secondary N) is 1. The first-order chi connectivity index (χ1) is 18.1. The Hall–Kier alpha value is -4.59. The predicted octanol–water partition coefficient (Wildman–Crippen LogP) is 5.36. The number of benzene rings is 2. The molecule has 0 bridgehead atoms. The maximum Gasteiger partial charge on any atom is 0.227 e. The van der Waals surface area contributed by atoms with Crippen molar-refractivity contribution in [3.63, 3.8) is 0 Å². The molecule has 0 aliphatic heterocycles. The standard InChI is InChI=1S/C29H28N6O2/c1-20(2)21-8-10-23(11-9-21)29-32-27(37-34-29)13-12-26(36)31-18-24-19-35(25-6-4-3-5-7-25)33-28(24)22-14-16-30-17-15-22/h3-11,14-17,19-20H,12-13,18H2,1-2H3,(H,31,36). The number of carbonyl (C=O) groups excluding carboxylic acids is 1. The van der Waals surface area contributed by atoms with Gasteiger partial charge in [0.25, 0.3) is 0 Å². The Morgan fingerprint density at radius 1 is 0.973 bits per heavy atom. The number of rotatable bonds is 9. The van der Waals surface area contributed by atoms with E-state index < -0.39 is 0 Å². The summed E-state index contributed by atoms with van der Waals surface area (Å²) >= 11 is 0. The van der Waals surface area contributed by atoms with Crippen LogP contribution in [0, 0.1) is 0 Å². The highest BCUT2D eigenvalue weighted by Crippen LogP contribution is 2.24. The van der Waals surface area contributed by atoms with Crippen molar-refractivity contribution in [3.05, 3.63) is 102 Å². The molecule has 0 radical (unpaired) electrons. The summed E-state index contributed by atoms with van der Waals surface area (Å²) in [7, 11) is 0. The maximum absolute atomic E-state index is 12.7. The van der Waals surface area contributed by atoms with Crippen LogP contribution in [0.5, 0.6) is 0 Å². The second-order valence-corrected chi connectivity index (χ2v) is 9.08. The van der Waals surface area contributed by atoms with Crippen molar-refractivity contribution in [2.24, 2.45) is 0 Å². The lowest BCUT2D eigenvalue weighted by Gasteiger charge is -2.05. The second kappa shape index (κ2) is 11.0. The van der Waals surface area contributed by atoms with Crippen LogP contribution >= 0.6 is 0 Å². The number of aromatic nitrogens is 5. The van der Waals surface area contributed by atoms with E-state index in [1.54, 1.807) is 12.4 Å². The van der Waals surface area contributed by atoms with Crippen molar-refractivity contribution in [2.45, 2.75) is 39.2 Å². The summed E-state index contributed by atoms with van der Waals surface area (Å²) in [6.45, 7) is 4.66. The molecule has 0 spiro atoms. The largest absolute Gasteiger partial charge is 0.352 e. The molecular formula is C29H28N6O2. The highest BCUT2D eigenvalue weighted by atomic mass is 16.5. The van der Waals surface area contributed by atoms with Crippen molar-refractivity contribution in [1.29, 1.82) is 0 Å². The number of nitrogens with zero attached hydrogens (tertiary/aromatic N) is 5. The molecule has 1 N–H and O–H groups in total. The van der Waals surface area contributed by atoms with E-state index in [4.69, 9.17) is 9.62 Å². The number of para-hydroxylation sites is 1. The summed E-state index contributed by atoms with van der Waals surface area (Å²) in [6, 6.07) is 21.8. The van der Waals surface area contributed by atoms with Crippen molar-refractivity contribution in [2.75, 3.05) is 0 Å². The minimum atomic E-state index is -0.103. The van der Waals surface area contributed by atoms with E-state index in [1.807, 2.05) is 65.5 Å². The Bertz CT molecular complexity index is 1460. The molecule has 0 atom stereocenters. The molecule has 0 fully saturated rings. The number of aryl methyl sites for hydroxylation is 1. The van der Waals surface area contributed by atoms with Crippen LogP contribution < -0.4 is 5.32 Å². The number of pyridine rings is 1. The second-order valence-electron chi connectivity index (χ2n) is 9.08. The average molecular weight is 493 g/mol. The first-order valence-corrected chi connectivity index (χ1v) is 12.3. The van der Waals surface area contributed by atoms with Gasteiger partial charge in [0.2, 0.25) is 17.6 Å². The molecule has 37 heavy (non-hydrogen) atoms. The predicted molar refractivity (Wildman–Crippen MR) is 141 cm³/mol. The topological polar surface area (TPSA) is 98.7 Å². The zero-order valence-electron chi connectivity index (χ0n) is 20.8. The van der Waals surface area contributed by atoms with E-state index in [-0.39, 0.29) is 12.3 Å². The lowest BCUT2D eigenvalue weighted by molar-refractivity contribution is -0.121. The highest BCUT2D eigenvalue weighted by molar-refractivity contribution is 5.76. The van der Waals surface area contributed by atoms with Crippen LogP contribution in [0.4, 0.5) is 0 Å². The van der Waals surface area contributed by atoms with E-state index in [9.17, 15) is 4.79 Å². The van der Waals surface area contributed by atoms with E-state index in [2.05, 4.69) is 46.4 Å². The summed E-state index contributed by atoms with van der Waals surface area (Å²) in [5.41, 5.74) is 5.74. The number of carbonyl (C=O) groups is 1. The van der Waals surface area contributed by atoms with Gasteiger partial charge in [0.1, 0.15) is 0 Å². The van der Waals surface area contributed by atoms with Gasteiger partial charge >= 0.3 is 0 Å². The fraction of sp³-hybridized carbons (Fsp3) is 0.207. The molecule has 5 aromatic rings. The molecule has 1 amide bonds. The summed E-state index contributed by atoms with van der Waals surface area (Å²) in [4.78, 5) is 21.2. The molecule has 0 aliphatic carbocycles. The van der Waals surface area contributed by atoms with Gasteiger partial charge in [0.15, 0.2) is 0 Å². The Morgan fingerprint density at radius 2 is 1.73 bits per heavy atom. The third-order valence-electron chi connectivity index (χ3n) is 6.11. The fourth-order valence-corrected chi connectivity index (χ4v) is 4.00. The minimum absolute atomic E-state index is 0.103. The summed E-state index contributed by atoms with van der Waals surface area (Å²) < 4.78 is 7.20. The van der Waals surface area contributed by atoms with Crippen LogP contribution in [0.25, 0.3) is 28.3 Å². The van der Waals surface area contributed by atoms with E-state index >= 15 is 0 Å². The van der Waals surface area contributed by atoms with Gasteiger partial charge in [-0.3, -0.25) is 9.78 Å². The van der Waals surface area contributed by atoms with Gasteiger partial charge < -0.3 is 9.84 Å². The zero-order chi connectivity index (χ0) is 25.6. The molecule has 8 heteroatoms. The number of hydrogen-bond donors (Lipinski definition) is 1. The normalized spacial score (nSPS) is 11.1. The minimum Gasteiger partial charge on any atom is -0.352 e. The van der Waals surface area contributed by atoms with Crippen molar-refractivity contribution in [1.82, 2.24) is 30.2 Å². The Labute approximate surface area is 215 Å². The van der Waals surface area contributed by atoms with Gasteiger partial charge in [0.05, 0.1) is 11.4 Å². The third kappa shape index (κ3) is 5.81. The fourth-order valence-electron chi connectivity index (χ4n) is 4.00. The van der Waals surface area contributed by atoms with Gasteiger partial charge in [-0.05, 0) is 35.7 Å². The first kappa shape index (κ1) is 24.1. The van der Waals surface area contributed by atoms with Crippen LogP contribution in [0.1, 0.15) is 43.2 Å². The lowest BCUT2D eigenvalue weighted by Crippen LogP contribution is -2.23. The smallest absolute Gasteiger partial charge is 0.227 e. The first-order valence-electron chi connectivity index (χ1n) is 12.3. The van der Waals surface area contributed by atoms with Crippen molar-refractivity contribution >= 4 is 5.91 Å². The molecule has 0 saturated heterocycles. The summed E-state index contributed by atoms with van der Waals surface area (Å²) in [5.74, 6) is 1.32. The third-order valence-corrected chi connectivity index (χ3v) is 6.11. The SMILES string of the molecule is CC(C)c1ccc(-c2noc(CCC(=O)NCc3cn(-c4ccccc4)nc3-c3ccncc3)n2)cc1. The van der Waals surface area contributed by atoms with E-state index in [0.717, 1.165) is 28.1 Å². The molecule has 0 aliphatic rings. The number of hydrogen-bond acceptors (Lipinski definition) is 6. The molecule has 0 unspecified atom stereocenters. The quantitative estimate of drug-likeness (QED) is 0.298. The van der Waals surface area contributed by atoms with Crippen LogP contribution in [-0.2, 0) is 17.8 Å². The van der Waals surface area contributed by atoms with Crippen molar-refractivity contribution in [3.8, 4) is 28.3 Å². The molecule has 0 saturated carbocycles. The van der Waals surface area contributed by atoms with E-state index in [1.165, 1.54) is 5.56 Å². The number of amides is 1. The molecular weight excluding hydrogens is 464 g/mol. The van der Waals surface area contributed by atoms with Crippen LogP contribution in [0.3, 0.4) is 0 Å². The van der Waals surface area contributed by atoms with Gasteiger partial charge in [-0.15, -0.1) is 0 Å². The molecule has 186 valence electrons. The average Bonchev–Trinajstić information content (AvgIpc) is 3.59. The summed E-state index contributed by atoms with van der Waals surface area (Å²) in [6.07, 6.45) is 6.02. The molecule has 8 nitrogen and oxygen atoms in total. The molecule has 3 aromatic heterocycles. The molecule has 3 heterocycles. The monoisotopic (exact) mass is 492 g/mol. The van der Waals surface area contributed by atoms with Crippen LogP contribution in [0.15, 0.2) is 89.8 Å². The zero-order valence-corrected chi connectivity index (χ0v) is 20.8. The lowest BCUT2D eigenvalue weighted by atomic mass is 10.0. The maximum atomic E-state index is 12.7. The molecule has 5 rings (SSSR count). The van der Waals surface area contributed by atoms with Gasteiger partial charge in [-0.25, -0.2) is 4.68 Å². The van der Waals surface area contributed by atoms with Crippen molar-refractivity contribution < 1.29 is 9.32 Å². The Morgan fingerprint density at radius 3 is 2.46 bits per heavy atom. The summed E-state index contributed by atoms with van der Waals surface area (Å²) in [5, 5.41) is 11.8. The van der Waals surface area contributed by atoms with Crippen LogP contribution in [0.2, 0.25) is 0 Å². The van der Waals surface area contributed by atoms with Gasteiger partial charge in [-0.2, -0.15) is 10.1 Å². The Balaban J connectivity index is 1.22. The van der Waals surface area contributed by atoms with Gasteiger partial charge in [-0.1, -0.05) is 61.5 Å². The Kier molecular flexibility index (Phi) is 7.16. The highest BCUT2D eigenvalue weighted by Gasteiger charge is 2.15.